The largest absolute Gasteiger partial charge is 0.454 e. The van der Waals surface area contributed by atoms with Gasteiger partial charge < -0.3 is 20.1 Å². The van der Waals surface area contributed by atoms with E-state index in [1.165, 1.54) is 0 Å². The Balaban J connectivity index is 1.66. The molecule has 5 heteroatoms. The highest BCUT2D eigenvalue weighted by molar-refractivity contribution is 5.93. The fourth-order valence-electron chi connectivity index (χ4n) is 2.29. The molecule has 1 amide bonds. The van der Waals surface area contributed by atoms with Crippen molar-refractivity contribution in [1.82, 2.24) is 5.32 Å². The summed E-state index contributed by atoms with van der Waals surface area (Å²) in [5, 5.41) is 6.16. The van der Waals surface area contributed by atoms with Gasteiger partial charge in [0.2, 0.25) is 12.7 Å². The highest BCUT2D eigenvalue weighted by Gasteiger charge is 2.21. The van der Waals surface area contributed by atoms with Gasteiger partial charge in [-0.25, -0.2) is 0 Å². The fourth-order valence-corrected chi connectivity index (χ4v) is 2.29. The Morgan fingerprint density at radius 1 is 1.33 bits per heavy atom. The van der Waals surface area contributed by atoms with E-state index in [0.29, 0.717) is 5.75 Å². The first-order valence-corrected chi connectivity index (χ1v) is 6.24. The van der Waals surface area contributed by atoms with Crippen molar-refractivity contribution in [3.05, 3.63) is 18.2 Å². The van der Waals surface area contributed by atoms with E-state index in [2.05, 4.69) is 10.6 Å². The van der Waals surface area contributed by atoms with Crippen LogP contribution in [0.2, 0.25) is 0 Å². The Hall–Kier alpha value is -1.75. The van der Waals surface area contributed by atoms with Crippen LogP contribution in [0.15, 0.2) is 18.2 Å². The van der Waals surface area contributed by atoms with Crippen molar-refractivity contribution in [3.8, 4) is 11.5 Å². The molecule has 3 rings (SSSR count). The molecule has 2 aliphatic heterocycles. The van der Waals surface area contributed by atoms with Crippen LogP contribution in [0.4, 0.5) is 5.69 Å². The lowest BCUT2D eigenvalue weighted by Crippen LogP contribution is -2.37. The fraction of sp³-hybridized carbons (Fsp3) is 0.462. The molecular weight excluding hydrogens is 232 g/mol. The van der Waals surface area contributed by atoms with Crippen molar-refractivity contribution in [2.45, 2.75) is 12.8 Å². The first-order chi connectivity index (χ1) is 8.83. The minimum Gasteiger partial charge on any atom is -0.454 e. The van der Waals surface area contributed by atoms with Gasteiger partial charge in [0.15, 0.2) is 11.5 Å². The average molecular weight is 248 g/mol. The standard InChI is InChI=1S/C13H16N2O3/c16-13(9-2-1-5-14-7-9)15-10-3-4-11-12(6-10)18-8-17-11/h3-4,6,9,14H,1-2,5,7-8H2,(H,15,16)/t9-/m1/s1. The SMILES string of the molecule is O=C(Nc1ccc2c(c1)OCO2)[C@@H]1CCCNC1. The van der Waals surface area contributed by atoms with Crippen molar-refractivity contribution in [2.24, 2.45) is 5.92 Å². The molecule has 96 valence electrons. The van der Waals surface area contributed by atoms with E-state index in [4.69, 9.17) is 9.47 Å². The van der Waals surface area contributed by atoms with Crippen LogP contribution in [-0.2, 0) is 4.79 Å². The van der Waals surface area contributed by atoms with Gasteiger partial charge in [0.25, 0.3) is 0 Å². The molecule has 2 aliphatic rings. The average Bonchev–Trinajstić information content (AvgIpc) is 2.87. The van der Waals surface area contributed by atoms with Crippen LogP contribution in [0.5, 0.6) is 11.5 Å². The molecule has 0 aliphatic carbocycles. The minimum atomic E-state index is 0.0594. The summed E-state index contributed by atoms with van der Waals surface area (Å²) < 4.78 is 10.5. The summed E-state index contributed by atoms with van der Waals surface area (Å²) in [5.41, 5.74) is 0.759. The Kier molecular flexibility index (Phi) is 3.06. The number of anilines is 1. The molecule has 0 radical (unpaired) electrons. The predicted octanol–water partition coefficient (Wildman–Crippen LogP) is 1.35. The van der Waals surface area contributed by atoms with E-state index in [1.54, 1.807) is 6.07 Å². The van der Waals surface area contributed by atoms with Crippen LogP contribution >= 0.6 is 0 Å². The number of rotatable bonds is 2. The van der Waals surface area contributed by atoms with Crippen molar-refractivity contribution in [1.29, 1.82) is 0 Å². The zero-order valence-corrected chi connectivity index (χ0v) is 10.1. The van der Waals surface area contributed by atoms with Crippen molar-refractivity contribution in [2.75, 3.05) is 25.2 Å². The lowest BCUT2D eigenvalue weighted by Gasteiger charge is -2.21. The molecule has 2 N–H and O–H groups in total. The first-order valence-electron chi connectivity index (χ1n) is 6.24. The normalized spacial score (nSPS) is 21.7. The zero-order chi connectivity index (χ0) is 12.4. The third kappa shape index (κ3) is 2.26. The molecule has 1 atom stereocenters. The minimum absolute atomic E-state index is 0.0594. The Labute approximate surface area is 105 Å². The summed E-state index contributed by atoms with van der Waals surface area (Å²) in [4.78, 5) is 12.0. The lowest BCUT2D eigenvalue weighted by atomic mass is 9.99. The molecule has 1 fully saturated rings. The van der Waals surface area contributed by atoms with E-state index in [9.17, 15) is 4.79 Å². The number of fused-ring (bicyclic) bond motifs is 1. The lowest BCUT2D eigenvalue weighted by molar-refractivity contribution is -0.120. The summed E-state index contributed by atoms with van der Waals surface area (Å²) in [7, 11) is 0. The molecule has 1 saturated heterocycles. The van der Waals surface area contributed by atoms with Crippen LogP contribution in [0.3, 0.4) is 0 Å². The van der Waals surface area contributed by atoms with E-state index in [-0.39, 0.29) is 18.6 Å². The summed E-state index contributed by atoms with van der Waals surface area (Å²) in [6, 6.07) is 5.45. The molecule has 1 aromatic carbocycles. The monoisotopic (exact) mass is 248 g/mol. The smallest absolute Gasteiger partial charge is 0.231 e. The number of amides is 1. The van der Waals surface area contributed by atoms with E-state index >= 15 is 0 Å². The number of carbonyl (C=O) groups is 1. The second-order valence-electron chi connectivity index (χ2n) is 4.60. The summed E-state index contributed by atoms with van der Waals surface area (Å²) in [6.45, 7) is 2.02. The van der Waals surface area contributed by atoms with Crippen LogP contribution in [-0.4, -0.2) is 25.8 Å². The third-order valence-electron chi connectivity index (χ3n) is 3.31. The van der Waals surface area contributed by atoms with Gasteiger partial charge in [-0.2, -0.15) is 0 Å². The zero-order valence-electron chi connectivity index (χ0n) is 10.1. The molecular formula is C13H16N2O3. The number of ether oxygens (including phenoxy) is 2. The highest BCUT2D eigenvalue weighted by Crippen LogP contribution is 2.34. The molecule has 0 unspecified atom stereocenters. The number of hydrogen-bond donors (Lipinski definition) is 2. The van der Waals surface area contributed by atoms with Gasteiger partial charge in [0, 0.05) is 18.3 Å². The number of hydrogen-bond acceptors (Lipinski definition) is 4. The van der Waals surface area contributed by atoms with Crippen LogP contribution < -0.4 is 20.1 Å². The first kappa shape index (κ1) is 11.3. The second kappa shape index (κ2) is 4.86. The maximum atomic E-state index is 12.0. The predicted molar refractivity (Wildman–Crippen MR) is 66.8 cm³/mol. The van der Waals surface area contributed by atoms with E-state index < -0.39 is 0 Å². The second-order valence-corrected chi connectivity index (χ2v) is 4.60. The molecule has 1 aromatic rings. The Bertz CT molecular complexity index is 456. The van der Waals surface area contributed by atoms with E-state index in [1.807, 2.05) is 12.1 Å². The number of benzene rings is 1. The molecule has 0 spiro atoms. The number of nitrogens with one attached hydrogen (secondary N) is 2. The highest BCUT2D eigenvalue weighted by atomic mass is 16.7. The maximum Gasteiger partial charge on any atom is 0.231 e. The summed E-state index contributed by atoms with van der Waals surface area (Å²) in [6.07, 6.45) is 2.00. The summed E-state index contributed by atoms with van der Waals surface area (Å²) >= 11 is 0. The number of piperidine rings is 1. The van der Waals surface area contributed by atoms with Crippen molar-refractivity contribution >= 4 is 11.6 Å². The molecule has 2 heterocycles. The van der Waals surface area contributed by atoms with Crippen molar-refractivity contribution < 1.29 is 14.3 Å². The molecule has 5 nitrogen and oxygen atoms in total. The van der Waals surface area contributed by atoms with Crippen LogP contribution in [0, 0.1) is 5.92 Å². The van der Waals surface area contributed by atoms with Gasteiger partial charge in [0.1, 0.15) is 0 Å². The van der Waals surface area contributed by atoms with Gasteiger partial charge in [0.05, 0.1) is 5.92 Å². The van der Waals surface area contributed by atoms with Gasteiger partial charge in [-0.05, 0) is 31.5 Å². The van der Waals surface area contributed by atoms with Crippen molar-refractivity contribution in [3.63, 3.8) is 0 Å². The topological polar surface area (TPSA) is 59.6 Å². The Morgan fingerprint density at radius 3 is 3.06 bits per heavy atom. The van der Waals surface area contributed by atoms with Gasteiger partial charge in [-0.3, -0.25) is 4.79 Å². The molecule has 0 aromatic heterocycles. The van der Waals surface area contributed by atoms with Crippen LogP contribution in [0.25, 0.3) is 0 Å². The molecule has 0 bridgehead atoms. The van der Waals surface area contributed by atoms with Crippen LogP contribution in [0.1, 0.15) is 12.8 Å². The number of carbonyl (C=O) groups excluding carboxylic acids is 1. The summed E-state index contributed by atoms with van der Waals surface area (Å²) in [5.74, 6) is 1.55. The Morgan fingerprint density at radius 2 is 2.22 bits per heavy atom. The molecule has 0 saturated carbocycles. The van der Waals surface area contributed by atoms with Gasteiger partial charge >= 0.3 is 0 Å². The van der Waals surface area contributed by atoms with E-state index in [0.717, 1.165) is 37.4 Å². The van der Waals surface area contributed by atoms with Gasteiger partial charge in [-0.15, -0.1) is 0 Å². The quantitative estimate of drug-likeness (QED) is 0.829. The molecule has 18 heavy (non-hydrogen) atoms. The third-order valence-corrected chi connectivity index (χ3v) is 3.31. The van der Waals surface area contributed by atoms with Gasteiger partial charge in [-0.1, -0.05) is 0 Å². The maximum absolute atomic E-state index is 12.0.